The van der Waals surface area contributed by atoms with Gasteiger partial charge in [-0.1, -0.05) is 6.07 Å². The van der Waals surface area contributed by atoms with Crippen molar-refractivity contribution in [2.45, 2.75) is 18.7 Å². The Morgan fingerprint density at radius 2 is 2.09 bits per heavy atom. The summed E-state index contributed by atoms with van der Waals surface area (Å²) in [4.78, 5) is 24.2. The number of hydrogen-bond donors (Lipinski definition) is 1. The molecule has 0 spiro atoms. The molecule has 1 saturated heterocycles. The van der Waals surface area contributed by atoms with Gasteiger partial charge in [-0.05, 0) is 12.1 Å². The van der Waals surface area contributed by atoms with Gasteiger partial charge in [-0.2, -0.15) is 8.78 Å². The van der Waals surface area contributed by atoms with Crippen LogP contribution in [0, 0.1) is 0 Å². The minimum Gasteiger partial charge on any atom is -0.493 e. The molecule has 2 rings (SSSR count). The highest BCUT2D eigenvalue weighted by molar-refractivity contribution is 5.98. The highest BCUT2D eigenvalue weighted by atomic mass is 19.3. The molecule has 1 fully saturated rings. The Morgan fingerprint density at radius 1 is 1.39 bits per heavy atom. The van der Waals surface area contributed by atoms with E-state index in [1.165, 1.54) is 25.3 Å². The number of hydrogen-bond acceptors (Lipinski definition) is 4. The predicted octanol–water partition coefficient (Wildman–Crippen LogP) is 1.94. The van der Waals surface area contributed by atoms with Crippen LogP contribution in [0.15, 0.2) is 18.2 Å². The number of alkyl halides is 3. The molecule has 1 aromatic rings. The lowest BCUT2D eigenvalue weighted by molar-refractivity contribution is -0.149. The normalized spacial score (nSPS) is 20.7. The van der Waals surface area contributed by atoms with E-state index in [2.05, 4.69) is 4.74 Å². The highest BCUT2D eigenvalue weighted by Gasteiger charge is 2.47. The molecule has 1 heterocycles. The number of halogens is 3. The predicted molar refractivity (Wildman–Crippen MR) is 71.6 cm³/mol. The van der Waals surface area contributed by atoms with Gasteiger partial charge in [0.15, 0.2) is 11.5 Å². The quantitative estimate of drug-likeness (QED) is 0.891. The minimum absolute atomic E-state index is 0.0832. The number of carboxylic acid groups (broad SMARTS) is 1. The van der Waals surface area contributed by atoms with Crippen LogP contribution < -0.4 is 9.47 Å². The fraction of sp³-hybridized carbons (Fsp3) is 0.429. The molecule has 0 radical (unpaired) electrons. The molecule has 1 aliphatic rings. The first kappa shape index (κ1) is 16.9. The van der Waals surface area contributed by atoms with Gasteiger partial charge in [0.1, 0.15) is 0 Å². The van der Waals surface area contributed by atoms with Crippen LogP contribution in [0.2, 0.25) is 0 Å². The number of aliphatic carboxylic acids is 1. The third-order valence-corrected chi connectivity index (χ3v) is 3.53. The molecule has 23 heavy (non-hydrogen) atoms. The maximum Gasteiger partial charge on any atom is 0.387 e. The number of carbonyl (C=O) groups is 2. The second-order valence-corrected chi connectivity index (χ2v) is 4.96. The molecule has 0 aromatic heterocycles. The number of ether oxygens (including phenoxy) is 2. The number of rotatable bonds is 5. The van der Waals surface area contributed by atoms with E-state index in [-0.39, 0.29) is 24.3 Å². The third kappa shape index (κ3) is 3.33. The second-order valence-electron chi connectivity index (χ2n) is 4.96. The number of methoxy groups -OCH3 is 1. The van der Waals surface area contributed by atoms with E-state index in [4.69, 9.17) is 9.84 Å². The Hall–Kier alpha value is -2.45. The maximum atomic E-state index is 14.0. The zero-order chi connectivity index (χ0) is 17.2. The topological polar surface area (TPSA) is 76.1 Å². The number of nitrogens with zero attached hydrogens (tertiary/aromatic N) is 1. The molecule has 1 aliphatic heterocycles. The largest absolute Gasteiger partial charge is 0.493 e. The second kappa shape index (κ2) is 6.35. The Morgan fingerprint density at radius 3 is 2.61 bits per heavy atom. The Kier molecular flexibility index (Phi) is 4.67. The number of benzene rings is 1. The maximum absolute atomic E-state index is 14.0. The van der Waals surface area contributed by atoms with E-state index in [1.807, 2.05) is 0 Å². The standard InChI is InChI=1S/C14H14F3NO5/c1-22-9-4-2-3-8(10(9)23-13(15)16)11(19)18-6-5-14(17,7-18)12(20)21/h2-4,13H,5-7H2,1H3,(H,20,21). The lowest BCUT2D eigenvalue weighted by Crippen LogP contribution is -2.39. The number of carbonyl (C=O) groups excluding carboxylic acids is 1. The first-order valence-electron chi connectivity index (χ1n) is 6.62. The van der Waals surface area contributed by atoms with Gasteiger partial charge in [0, 0.05) is 13.0 Å². The molecule has 0 bridgehead atoms. The molecule has 0 aliphatic carbocycles. The number of amides is 1. The van der Waals surface area contributed by atoms with E-state index in [0.29, 0.717) is 0 Å². The van der Waals surface area contributed by atoms with Gasteiger partial charge in [0.25, 0.3) is 5.91 Å². The summed E-state index contributed by atoms with van der Waals surface area (Å²) in [6.07, 6.45) is -0.372. The van der Waals surface area contributed by atoms with Crippen molar-refractivity contribution in [1.82, 2.24) is 4.90 Å². The molecule has 6 nitrogen and oxygen atoms in total. The van der Waals surface area contributed by atoms with Gasteiger partial charge in [0.05, 0.1) is 19.2 Å². The van der Waals surface area contributed by atoms with Gasteiger partial charge in [-0.3, -0.25) is 4.79 Å². The van der Waals surface area contributed by atoms with Gasteiger partial charge in [-0.25, -0.2) is 9.18 Å². The average molecular weight is 333 g/mol. The first-order chi connectivity index (χ1) is 10.8. The molecular weight excluding hydrogens is 319 g/mol. The summed E-state index contributed by atoms with van der Waals surface area (Å²) in [6.45, 7) is -3.99. The van der Waals surface area contributed by atoms with Crippen LogP contribution >= 0.6 is 0 Å². The molecular formula is C14H14F3NO5. The Balaban J connectivity index is 2.31. The molecule has 9 heteroatoms. The monoisotopic (exact) mass is 333 g/mol. The summed E-state index contributed by atoms with van der Waals surface area (Å²) in [5.74, 6) is -3.02. The Labute approximate surface area is 129 Å². The third-order valence-electron chi connectivity index (χ3n) is 3.53. The van der Waals surface area contributed by atoms with E-state index in [0.717, 1.165) is 4.90 Å². The zero-order valence-corrected chi connectivity index (χ0v) is 12.1. The summed E-state index contributed by atoms with van der Waals surface area (Å²) >= 11 is 0. The molecule has 0 saturated carbocycles. The van der Waals surface area contributed by atoms with Crippen molar-refractivity contribution >= 4 is 11.9 Å². The number of carboxylic acids is 1. The van der Waals surface area contributed by atoms with Crippen LogP contribution in [0.1, 0.15) is 16.8 Å². The van der Waals surface area contributed by atoms with Crippen molar-refractivity contribution in [3.8, 4) is 11.5 Å². The lowest BCUT2D eigenvalue weighted by Gasteiger charge is -2.20. The van der Waals surface area contributed by atoms with Crippen LogP contribution in [0.25, 0.3) is 0 Å². The minimum atomic E-state index is -3.18. The van der Waals surface area contributed by atoms with Crippen molar-refractivity contribution < 1.29 is 37.3 Å². The molecule has 1 atom stereocenters. The summed E-state index contributed by atoms with van der Waals surface area (Å²) in [6, 6.07) is 3.94. The van der Waals surface area contributed by atoms with Crippen molar-refractivity contribution in [1.29, 1.82) is 0 Å². The average Bonchev–Trinajstić information content (AvgIpc) is 2.90. The highest BCUT2D eigenvalue weighted by Crippen LogP contribution is 2.35. The smallest absolute Gasteiger partial charge is 0.387 e. The summed E-state index contributed by atoms with van der Waals surface area (Å²) in [7, 11) is 1.22. The van der Waals surface area contributed by atoms with E-state index < -0.39 is 36.5 Å². The molecule has 1 unspecified atom stereocenters. The summed E-state index contributed by atoms with van der Waals surface area (Å²) in [5.41, 5.74) is -2.79. The van der Waals surface area contributed by atoms with E-state index >= 15 is 0 Å². The van der Waals surface area contributed by atoms with Gasteiger partial charge < -0.3 is 19.5 Å². The molecule has 126 valence electrons. The zero-order valence-electron chi connectivity index (χ0n) is 12.1. The van der Waals surface area contributed by atoms with E-state index in [1.54, 1.807) is 0 Å². The van der Waals surface area contributed by atoms with Crippen LogP contribution in [0.3, 0.4) is 0 Å². The van der Waals surface area contributed by atoms with E-state index in [9.17, 15) is 22.8 Å². The van der Waals surface area contributed by atoms with Gasteiger partial charge >= 0.3 is 12.6 Å². The van der Waals surface area contributed by atoms with Crippen LogP contribution in [0.4, 0.5) is 13.2 Å². The summed E-state index contributed by atoms with van der Waals surface area (Å²) < 4.78 is 48.4. The van der Waals surface area contributed by atoms with Crippen LogP contribution in [-0.4, -0.2) is 54.4 Å². The fourth-order valence-corrected chi connectivity index (χ4v) is 2.35. The molecule has 1 amide bonds. The summed E-state index contributed by atoms with van der Waals surface area (Å²) in [5, 5.41) is 8.84. The van der Waals surface area contributed by atoms with Gasteiger partial charge in [0.2, 0.25) is 5.67 Å². The number of para-hydroxylation sites is 1. The Bertz CT molecular complexity index is 624. The SMILES string of the molecule is COc1cccc(C(=O)N2CCC(F)(C(=O)O)C2)c1OC(F)F. The van der Waals surface area contributed by atoms with Crippen molar-refractivity contribution in [2.75, 3.05) is 20.2 Å². The first-order valence-corrected chi connectivity index (χ1v) is 6.62. The van der Waals surface area contributed by atoms with Gasteiger partial charge in [-0.15, -0.1) is 0 Å². The fourth-order valence-electron chi connectivity index (χ4n) is 2.35. The van der Waals surface area contributed by atoms with Crippen LogP contribution in [-0.2, 0) is 4.79 Å². The number of likely N-dealkylation sites (tertiary alicyclic amines) is 1. The molecule has 1 aromatic carbocycles. The van der Waals surface area contributed by atoms with Crippen LogP contribution in [0.5, 0.6) is 11.5 Å². The van der Waals surface area contributed by atoms with Crippen molar-refractivity contribution in [2.24, 2.45) is 0 Å². The van der Waals surface area contributed by atoms with Crippen molar-refractivity contribution in [3.05, 3.63) is 23.8 Å². The lowest BCUT2D eigenvalue weighted by atomic mass is 10.1. The molecule has 1 N–H and O–H groups in total. The van der Waals surface area contributed by atoms with Crippen molar-refractivity contribution in [3.63, 3.8) is 0 Å².